The molecular weight excluding hydrogens is 434 g/mol. The summed E-state index contributed by atoms with van der Waals surface area (Å²) in [6.07, 6.45) is 2.53. The third-order valence-electron chi connectivity index (χ3n) is 6.31. The Morgan fingerprint density at radius 3 is 2.54 bits per heavy atom. The van der Waals surface area contributed by atoms with Gasteiger partial charge >= 0.3 is 0 Å². The maximum Gasteiger partial charge on any atom is 0.251 e. The van der Waals surface area contributed by atoms with Crippen molar-refractivity contribution in [3.8, 4) is 5.75 Å². The minimum atomic E-state index is -0.0181. The van der Waals surface area contributed by atoms with E-state index in [4.69, 9.17) is 9.72 Å². The average Bonchev–Trinajstić information content (AvgIpc) is 3.22. The molecule has 5 heteroatoms. The Morgan fingerprint density at radius 1 is 0.971 bits per heavy atom. The molecule has 35 heavy (non-hydrogen) atoms. The Labute approximate surface area is 208 Å². The molecule has 0 saturated carbocycles. The van der Waals surface area contributed by atoms with Gasteiger partial charge < -0.3 is 14.6 Å². The van der Waals surface area contributed by atoms with Crippen LogP contribution in [-0.2, 0) is 13.0 Å². The van der Waals surface area contributed by atoms with Crippen molar-refractivity contribution in [2.75, 3.05) is 13.2 Å². The summed E-state index contributed by atoms with van der Waals surface area (Å²) in [5.74, 6) is 2.44. The quantitative estimate of drug-likeness (QED) is 0.262. The van der Waals surface area contributed by atoms with Gasteiger partial charge in [-0.15, -0.1) is 0 Å². The number of amides is 1. The van der Waals surface area contributed by atoms with Crippen LogP contribution in [0.5, 0.6) is 5.75 Å². The monoisotopic (exact) mass is 469 g/mol. The normalized spacial score (nSPS) is 11.2. The van der Waals surface area contributed by atoms with Crippen molar-refractivity contribution in [1.29, 1.82) is 0 Å². The number of aryl methyl sites for hydroxylation is 3. The molecule has 0 unspecified atom stereocenters. The van der Waals surface area contributed by atoms with Crippen LogP contribution >= 0.6 is 0 Å². The number of para-hydroxylation sites is 3. The van der Waals surface area contributed by atoms with Gasteiger partial charge in [-0.1, -0.05) is 62.4 Å². The molecule has 0 saturated heterocycles. The lowest BCUT2D eigenvalue weighted by Gasteiger charge is -2.14. The van der Waals surface area contributed by atoms with E-state index >= 15 is 0 Å². The van der Waals surface area contributed by atoms with Crippen molar-refractivity contribution in [1.82, 2.24) is 14.9 Å². The molecule has 0 fully saturated rings. The Kier molecular flexibility index (Phi) is 8.19. The topological polar surface area (TPSA) is 56.2 Å². The van der Waals surface area contributed by atoms with E-state index in [9.17, 15) is 4.79 Å². The molecule has 0 aliphatic rings. The van der Waals surface area contributed by atoms with Crippen molar-refractivity contribution >= 4 is 16.9 Å². The number of benzene rings is 3. The summed E-state index contributed by atoms with van der Waals surface area (Å²) in [6.45, 7) is 8.45. The van der Waals surface area contributed by atoms with E-state index in [-0.39, 0.29) is 5.91 Å². The molecule has 1 N–H and O–H groups in total. The first-order valence-corrected chi connectivity index (χ1v) is 12.5. The van der Waals surface area contributed by atoms with Crippen LogP contribution in [0.15, 0.2) is 72.8 Å². The fraction of sp³-hybridized carbons (Fsp3) is 0.333. The van der Waals surface area contributed by atoms with Crippen molar-refractivity contribution < 1.29 is 9.53 Å². The van der Waals surface area contributed by atoms with Crippen molar-refractivity contribution in [3.05, 3.63) is 95.3 Å². The number of fused-ring (bicyclic) bond motifs is 1. The highest BCUT2D eigenvalue weighted by atomic mass is 16.5. The van der Waals surface area contributed by atoms with Crippen LogP contribution in [0.1, 0.15) is 59.9 Å². The molecule has 0 aliphatic heterocycles. The van der Waals surface area contributed by atoms with Gasteiger partial charge in [-0.3, -0.25) is 4.79 Å². The zero-order chi connectivity index (χ0) is 24.6. The minimum Gasteiger partial charge on any atom is -0.493 e. The number of hydrogen-bond acceptors (Lipinski definition) is 3. The molecule has 182 valence electrons. The van der Waals surface area contributed by atoms with E-state index in [1.165, 1.54) is 5.56 Å². The second-order valence-electron chi connectivity index (χ2n) is 9.24. The predicted octanol–water partition coefficient (Wildman–Crippen LogP) is 6.30. The van der Waals surface area contributed by atoms with Crippen molar-refractivity contribution in [3.63, 3.8) is 0 Å². The summed E-state index contributed by atoms with van der Waals surface area (Å²) in [5.41, 5.74) is 5.13. The lowest BCUT2D eigenvalue weighted by molar-refractivity contribution is 0.0952. The Hall–Kier alpha value is -3.60. The smallest absolute Gasteiger partial charge is 0.251 e. The first-order valence-electron chi connectivity index (χ1n) is 12.5. The highest BCUT2D eigenvalue weighted by Crippen LogP contribution is 2.26. The zero-order valence-electron chi connectivity index (χ0n) is 21.0. The third-order valence-corrected chi connectivity index (χ3v) is 6.31. The number of rotatable bonds is 11. The largest absolute Gasteiger partial charge is 0.493 e. The minimum absolute atomic E-state index is 0.0181. The van der Waals surface area contributed by atoms with Crippen LogP contribution in [0.4, 0.5) is 0 Å². The number of hydrogen-bond donors (Lipinski definition) is 1. The van der Waals surface area contributed by atoms with Gasteiger partial charge in [0.25, 0.3) is 5.91 Å². The molecular formula is C30H35N3O2. The number of imidazole rings is 1. The summed E-state index contributed by atoms with van der Waals surface area (Å²) in [5, 5.41) is 3.05. The number of carbonyl (C=O) groups is 1. The van der Waals surface area contributed by atoms with Gasteiger partial charge in [0.1, 0.15) is 11.6 Å². The van der Waals surface area contributed by atoms with Crippen molar-refractivity contribution in [2.45, 2.75) is 52.5 Å². The van der Waals surface area contributed by atoms with Gasteiger partial charge in [-0.2, -0.15) is 0 Å². The number of aromatic nitrogens is 2. The number of nitrogens with zero attached hydrogens (tertiary/aromatic N) is 2. The summed E-state index contributed by atoms with van der Waals surface area (Å²) in [6, 6.07) is 24.2. The van der Waals surface area contributed by atoms with Gasteiger partial charge in [-0.05, 0) is 61.1 Å². The van der Waals surface area contributed by atoms with E-state index in [1.54, 1.807) is 0 Å². The number of nitrogens with one attached hydrogen (secondary N) is 1. The van der Waals surface area contributed by atoms with E-state index in [0.29, 0.717) is 19.1 Å². The summed E-state index contributed by atoms with van der Waals surface area (Å²) < 4.78 is 8.45. The number of carbonyl (C=O) groups excluding carboxylic acids is 1. The summed E-state index contributed by atoms with van der Waals surface area (Å²) in [7, 11) is 0. The van der Waals surface area contributed by atoms with Crippen LogP contribution in [0.2, 0.25) is 0 Å². The molecule has 0 bridgehead atoms. The summed E-state index contributed by atoms with van der Waals surface area (Å²) >= 11 is 0. The van der Waals surface area contributed by atoms with Crippen LogP contribution < -0.4 is 10.1 Å². The first kappa shape index (κ1) is 24.5. The zero-order valence-corrected chi connectivity index (χ0v) is 21.0. The van der Waals surface area contributed by atoms with Gasteiger partial charge in [0.2, 0.25) is 0 Å². The average molecular weight is 470 g/mol. The van der Waals surface area contributed by atoms with Crippen molar-refractivity contribution in [2.24, 2.45) is 0 Å². The fourth-order valence-corrected chi connectivity index (χ4v) is 4.43. The van der Waals surface area contributed by atoms with Crippen LogP contribution in [-0.4, -0.2) is 28.6 Å². The molecule has 0 aliphatic carbocycles. The second kappa shape index (κ2) is 11.7. The Bertz CT molecular complexity index is 1280. The number of ether oxygens (including phenoxy) is 1. The maximum atomic E-state index is 12.5. The summed E-state index contributed by atoms with van der Waals surface area (Å²) in [4.78, 5) is 17.4. The molecule has 5 nitrogen and oxygen atoms in total. The van der Waals surface area contributed by atoms with E-state index in [2.05, 4.69) is 60.1 Å². The molecule has 0 radical (unpaired) electrons. The SMILES string of the molecule is Cc1ccccc1C(=O)NCCCc1nc2ccccc2n1CCCOc1ccccc1C(C)C. The lowest BCUT2D eigenvalue weighted by atomic mass is 10.0. The molecule has 4 aromatic rings. The standard InChI is InChI=1S/C30H35N3O2/c1-22(2)24-13-6-9-17-28(24)35-21-11-20-33-27-16-8-7-15-26(27)32-29(33)18-10-19-31-30(34)25-14-5-4-12-23(25)3/h4-9,12-17,22H,10-11,18-21H2,1-3H3,(H,31,34). The van der Waals surface area contributed by atoms with E-state index in [0.717, 1.165) is 59.5 Å². The highest BCUT2D eigenvalue weighted by molar-refractivity contribution is 5.95. The Morgan fingerprint density at radius 2 is 1.71 bits per heavy atom. The second-order valence-corrected chi connectivity index (χ2v) is 9.24. The molecule has 4 rings (SSSR count). The van der Waals surface area contributed by atoms with Crippen LogP contribution in [0, 0.1) is 6.92 Å². The van der Waals surface area contributed by atoms with Gasteiger partial charge in [-0.25, -0.2) is 4.98 Å². The Balaban J connectivity index is 1.35. The van der Waals surface area contributed by atoms with Gasteiger partial charge in [0, 0.05) is 25.1 Å². The highest BCUT2D eigenvalue weighted by Gasteiger charge is 2.12. The molecule has 1 aromatic heterocycles. The molecule has 1 amide bonds. The molecule has 3 aromatic carbocycles. The molecule has 0 atom stereocenters. The van der Waals surface area contributed by atoms with Gasteiger partial charge in [0.15, 0.2) is 0 Å². The molecule has 0 spiro atoms. The lowest BCUT2D eigenvalue weighted by Crippen LogP contribution is -2.25. The van der Waals surface area contributed by atoms with Crippen LogP contribution in [0.3, 0.4) is 0 Å². The third kappa shape index (κ3) is 6.10. The van der Waals surface area contributed by atoms with Gasteiger partial charge in [0.05, 0.1) is 17.6 Å². The van der Waals surface area contributed by atoms with Crippen LogP contribution in [0.25, 0.3) is 11.0 Å². The van der Waals surface area contributed by atoms with E-state index < -0.39 is 0 Å². The fourth-order valence-electron chi connectivity index (χ4n) is 4.43. The molecule has 1 heterocycles. The first-order chi connectivity index (χ1) is 17.0. The maximum absolute atomic E-state index is 12.5. The van der Waals surface area contributed by atoms with E-state index in [1.807, 2.05) is 43.3 Å². The predicted molar refractivity (Wildman–Crippen MR) is 142 cm³/mol.